The lowest BCUT2D eigenvalue weighted by atomic mass is 9.75. The summed E-state index contributed by atoms with van der Waals surface area (Å²) >= 11 is 0. The van der Waals surface area contributed by atoms with Gasteiger partial charge in [-0.15, -0.1) is 12.4 Å². The van der Waals surface area contributed by atoms with E-state index in [1.807, 2.05) is 0 Å². The molecule has 7 nitrogen and oxygen atoms in total. The number of aliphatic hydroxyl groups is 1. The fraction of sp³-hybridized carbons (Fsp3) is 0.647. The summed E-state index contributed by atoms with van der Waals surface area (Å²) in [7, 11) is 1.72. The van der Waals surface area contributed by atoms with E-state index in [-0.39, 0.29) is 24.6 Å². The first-order valence-electron chi connectivity index (χ1n) is 8.36. The van der Waals surface area contributed by atoms with Crippen LogP contribution in [-0.2, 0) is 16.6 Å². The minimum absolute atomic E-state index is 0. The molecule has 0 saturated carbocycles. The molecule has 2 atom stereocenters. The lowest BCUT2D eigenvalue weighted by Crippen LogP contribution is -2.66. The largest absolute Gasteiger partial charge is 0.388 e. The summed E-state index contributed by atoms with van der Waals surface area (Å²) in [5.74, 6) is -1.29. The molecule has 0 radical (unpaired) electrons. The fourth-order valence-corrected chi connectivity index (χ4v) is 3.74. The monoisotopic (exact) mass is 371 g/mol. The molecular formula is C17H26ClN3O4. The Bertz CT molecular complexity index is 642. The predicted molar refractivity (Wildman–Crippen MR) is 94.9 cm³/mol. The van der Waals surface area contributed by atoms with E-state index in [9.17, 15) is 14.7 Å². The maximum absolute atomic E-state index is 12.4. The third-order valence-corrected chi connectivity index (χ3v) is 5.27. The van der Waals surface area contributed by atoms with Crippen LogP contribution in [0.15, 0.2) is 18.3 Å². The summed E-state index contributed by atoms with van der Waals surface area (Å²) < 4.78 is 7.53. The molecule has 0 aromatic carbocycles. The van der Waals surface area contributed by atoms with Gasteiger partial charge < -0.3 is 25.0 Å². The Morgan fingerprint density at radius 1 is 1.40 bits per heavy atom. The molecule has 2 fully saturated rings. The van der Waals surface area contributed by atoms with Gasteiger partial charge in [0, 0.05) is 19.7 Å². The van der Waals surface area contributed by atoms with E-state index < -0.39 is 23.3 Å². The molecule has 3 rings (SSSR count). The summed E-state index contributed by atoms with van der Waals surface area (Å²) in [6.45, 7) is 3.65. The van der Waals surface area contributed by atoms with Gasteiger partial charge in [-0.25, -0.2) is 0 Å². The Hall–Kier alpha value is -1.41. The number of piperidine rings is 1. The summed E-state index contributed by atoms with van der Waals surface area (Å²) in [5.41, 5.74) is -0.900. The highest BCUT2D eigenvalue weighted by Gasteiger charge is 2.49. The molecule has 0 unspecified atom stereocenters. The molecule has 0 aliphatic carbocycles. The van der Waals surface area contributed by atoms with Gasteiger partial charge in [-0.05, 0) is 45.0 Å². The molecule has 25 heavy (non-hydrogen) atoms. The lowest BCUT2D eigenvalue weighted by molar-refractivity contribution is -0.173. The Labute approximate surface area is 153 Å². The predicted octanol–water partition coefficient (Wildman–Crippen LogP) is 0.408. The van der Waals surface area contributed by atoms with Gasteiger partial charge in [0.25, 0.3) is 11.7 Å². The van der Waals surface area contributed by atoms with Gasteiger partial charge in [-0.1, -0.05) is 0 Å². The molecule has 2 saturated heterocycles. The third-order valence-electron chi connectivity index (χ3n) is 5.27. The second kappa shape index (κ2) is 7.45. The zero-order valence-electron chi connectivity index (χ0n) is 14.6. The maximum Gasteiger partial charge on any atom is 0.294 e. The number of halogens is 1. The Kier molecular flexibility index (Phi) is 5.93. The number of ketones is 1. The molecule has 3 N–H and O–H groups in total. The van der Waals surface area contributed by atoms with Gasteiger partial charge in [-0.2, -0.15) is 0 Å². The smallest absolute Gasteiger partial charge is 0.294 e. The van der Waals surface area contributed by atoms with Gasteiger partial charge in [0.15, 0.2) is 0 Å². The standard InChI is InChI=1S/C17H25N3O4.ClH/c1-16(19-15(23)14(22)12-4-3-9-20(12)2)11-17(24-10-13(16)21)5-7-18-8-6-17;/h3-4,9,13,18,21H,5-8,10-11H2,1-2H3,(H,19,23);1H/t13-,16-;/m0./s1. The second-order valence-corrected chi connectivity index (χ2v) is 7.14. The highest BCUT2D eigenvalue weighted by atomic mass is 35.5. The minimum atomic E-state index is -0.881. The first-order valence-corrected chi connectivity index (χ1v) is 8.36. The Morgan fingerprint density at radius 2 is 2.08 bits per heavy atom. The van der Waals surface area contributed by atoms with Crippen molar-refractivity contribution in [1.82, 2.24) is 15.2 Å². The number of carbonyl (C=O) groups is 2. The van der Waals surface area contributed by atoms with E-state index in [0.717, 1.165) is 25.9 Å². The van der Waals surface area contributed by atoms with E-state index in [1.165, 1.54) is 0 Å². The van der Waals surface area contributed by atoms with Crippen LogP contribution in [0.3, 0.4) is 0 Å². The minimum Gasteiger partial charge on any atom is -0.388 e. The number of Topliss-reactive ketones (excluding diaryl/α,β-unsaturated/α-hetero) is 1. The first kappa shape index (κ1) is 19.9. The van der Waals surface area contributed by atoms with Crippen LogP contribution in [0.25, 0.3) is 0 Å². The van der Waals surface area contributed by atoms with Crippen molar-refractivity contribution in [1.29, 1.82) is 0 Å². The summed E-state index contributed by atoms with van der Waals surface area (Å²) in [6.07, 6.45) is 3.03. The topological polar surface area (TPSA) is 92.6 Å². The highest BCUT2D eigenvalue weighted by molar-refractivity contribution is 6.42. The Balaban J connectivity index is 0.00000225. The van der Waals surface area contributed by atoms with Crippen molar-refractivity contribution in [2.24, 2.45) is 7.05 Å². The van der Waals surface area contributed by atoms with E-state index >= 15 is 0 Å². The highest BCUT2D eigenvalue weighted by Crippen LogP contribution is 2.38. The molecule has 0 bridgehead atoms. The van der Waals surface area contributed by atoms with Crippen LogP contribution in [0.5, 0.6) is 0 Å². The summed E-state index contributed by atoms with van der Waals surface area (Å²) in [4.78, 5) is 24.8. The molecule has 1 spiro atoms. The SMILES string of the molecule is Cl.Cn1cccc1C(=O)C(=O)N[C@@]1(C)CC2(CCNCC2)OC[C@@H]1O. The molecule has 3 heterocycles. The normalized spacial score (nSPS) is 28.2. The summed E-state index contributed by atoms with van der Waals surface area (Å²) in [5, 5.41) is 16.5. The number of ether oxygens (including phenoxy) is 1. The molecule has 1 aromatic heterocycles. The van der Waals surface area contributed by atoms with Crippen LogP contribution >= 0.6 is 12.4 Å². The van der Waals surface area contributed by atoms with Crippen LogP contribution < -0.4 is 10.6 Å². The van der Waals surface area contributed by atoms with E-state index in [4.69, 9.17) is 4.74 Å². The van der Waals surface area contributed by atoms with Gasteiger partial charge in [-0.3, -0.25) is 9.59 Å². The number of nitrogens with one attached hydrogen (secondary N) is 2. The molecule has 8 heteroatoms. The van der Waals surface area contributed by atoms with Gasteiger partial charge in [0.1, 0.15) is 6.10 Å². The third kappa shape index (κ3) is 3.89. The van der Waals surface area contributed by atoms with Crippen molar-refractivity contribution in [3.63, 3.8) is 0 Å². The maximum atomic E-state index is 12.4. The number of nitrogens with zero attached hydrogens (tertiary/aromatic N) is 1. The van der Waals surface area contributed by atoms with Crippen molar-refractivity contribution in [3.8, 4) is 0 Å². The second-order valence-electron chi connectivity index (χ2n) is 7.14. The van der Waals surface area contributed by atoms with Crippen molar-refractivity contribution >= 4 is 24.1 Å². The number of carbonyl (C=O) groups excluding carboxylic acids is 2. The van der Waals surface area contributed by atoms with E-state index in [1.54, 1.807) is 36.9 Å². The number of hydrogen-bond donors (Lipinski definition) is 3. The number of amides is 1. The van der Waals surface area contributed by atoms with E-state index in [2.05, 4.69) is 10.6 Å². The number of rotatable bonds is 3. The number of aryl methyl sites for hydroxylation is 1. The van der Waals surface area contributed by atoms with Crippen LogP contribution in [0.1, 0.15) is 36.7 Å². The van der Waals surface area contributed by atoms with Crippen molar-refractivity contribution < 1.29 is 19.4 Å². The molecule has 2 aliphatic heterocycles. The molecule has 1 amide bonds. The van der Waals surface area contributed by atoms with Crippen LogP contribution in [0.2, 0.25) is 0 Å². The van der Waals surface area contributed by atoms with Crippen LogP contribution in [0, 0.1) is 0 Å². The molecule has 2 aliphatic rings. The van der Waals surface area contributed by atoms with Crippen LogP contribution in [-0.4, -0.2) is 58.3 Å². The number of aliphatic hydroxyl groups excluding tert-OH is 1. The number of aromatic nitrogens is 1. The van der Waals surface area contributed by atoms with Crippen molar-refractivity contribution in [2.45, 2.75) is 43.4 Å². The number of hydrogen-bond acceptors (Lipinski definition) is 5. The fourth-order valence-electron chi connectivity index (χ4n) is 3.74. The Morgan fingerprint density at radius 3 is 2.68 bits per heavy atom. The molecule has 1 aromatic rings. The molecular weight excluding hydrogens is 346 g/mol. The van der Waals surface area contributed by atoms with Crippen molar-refractivity contribution in [2.75, 3.05) is 19.7 Å². The quantitative estimate of drug-likeness (QED) is 0.528. The molecule has 140 valence electrons. The lowest BCUT2D eigenvalue weighted by Gasteiger charge is -2.50. The average molecular weight is 372 g/mol. The average Bonchev–Trinajstić information content (AvgIpc) is 2.97. The zero-order chi connectivity index (χ0) is 17.4. The van der Waals surface area contributed by atoms with Gasteiger partial charge in [0.05, 0.1) is 23.4 Å². The van der Waals surface area contributed by atoms with Gasteiger partial charge in [0.2, 0.25) is 0 Å². The first-order chi connectivity index (χ1) is 11.4. The van der Waals surface area contributed by atoms with Gasteiger partial charge >= 0.3 is 0 Å². The van der Waals surface area contributed by atoms with Crippen LogP contribution in [0.4, 0.5) is 0 Å². The zero-order valence-corrected chi connectivity index (χ0v) is 15.4. The summed E-state index contributed by atoms with van der Waals surface area (Å²) in [6, 6.07) is 3.33. The van der Waals surface area contributed by atoms with Crippen molar-refractivity contribution in [3.05, 3.63) is 24.0 Å². The van der Waals surface area contributed by atoms with E-state index in [0.29, 0.717) is 12.1 Å².